The summed E-state index contributed by atoms with van der Waals surface area (Å²) in [6.45, 7) is 2.27. The number of phenols is 1. The quantitative estimate of drug-likeness (QED) is 0.383. The molecule has 8 heteroatoms. The Morgan fingerprint density at radius 2 is 2.26 bits per heavy atom. The number of pyridine rings is 1. The van der Waals surface area contributed by atoms with Gasteiger partial charge in [0, 0.05) is 16.9 Å². The number of aromatic nitrogens is 1. The van der Waals surface area contributed by atoms with Gasteiger partial charge in [-0.3, -0.25) is 9.78 Å². The van der Waals surface area contributed by atoms with Gasteiger partial charge < -0.3 is 9.84 Å². The second-order valence-electron chi connectivity index (χ2n) is 4.37. The molecule has 1 heterocycles. The Morgan fingerprint density at radius 1 is 1.48 bits per heavy atom. The van der Waals surface area contributed by atoms with Crippen LogP contribution in [0.5, 0.6) is 11.5 Å². The lowest BCUT2D eigenvalue weighted by molar-refractivity contribution is 0.0954. The summed E-state index contributed by atoms with van der Waals surface area (Å²) in [4.78, 5) is 15.8. The van der Waals surface area contributed by atoms with Gasteiger partial charge in [-0.2, -0.15) is 5.10 Å². The third-order valence-electron chi connectivity index (χ3n) is 2.70. The van der Waals surface area contributed by atoms with Gasteiger partial charge in [0.15, 0.2) is 11.5 Å². The summed E-state index contributed by atoms with van der Waals surface area (Å²) < 4.78 is 6.70. The lowest BCUT2D eigenvalue weighted by atomic mass is 10.2. The monoisotopic (exact) mass is 489 g/mol. The number of benzene rings is 1. The van der Waals surface area contributed by atoms with E-state index in [4.69, 9.17) is 4.74 Å². The number of hydrogen-bond donors (Lipinski definition) is 2. The molecule has 0 radical (unpaired) electrons. The number of carbonyl (C=O) groups excluding carboxylic acids is 1. The normalized spacial score (nSPS) is 10.7. The molecular formula is C15H13BrIN3O3. The fourth-order valence-electron chi connectivity index (χ4n) is 1.70. The molecule has 0 spiro atoms. The summed E-state index contributed by atoms with van der Waals surface area (Å²) in [5, 5.41) is 13.8. The molecular weight excluding hydrogens is 477 g/mol. The number of phenolic OH excluding ortho intramolecular Hbond substituents is 1. The molecule has 1 amide bonds. The lowest BCUT2D eigenvalue weighted by Crippen LogP contribution is -2.17. The highest BCUT2D eigenvalue weighted by molar-refractivity contribution is 14.1. The van der Waals surface area contributed by atoms with Crippen LogP contribution in [-0.4, -0.2) is 28.8 Å². The molecule has 23 heavy (non-hydrogen) atoms. The summed E-state index contributed by atoms with van der Waals surface area (Å²) in [6.07, 6.45) is 4.52. The maximum atomic E-state index is 11.9. The summed E-state index contributed by atoms with van der Waals surface area (Å²) in [7, 11) is 0. The molecule has 2 rings (SSSR count). The largest absolute Gasteiger partial charge is 0.504 e. The number of hydrazone groups is 1. The van der Waals surface area contributed by atoms with E-state index in [0.717, 1.165) is 0 Å². The molecule has 0 unspecified atom stereocenters. The molecule has 0 fully saturated rings. The second-order valence-corrected chi connectivity index (χ2v) is 6.45. The average molecular weight is 490 g/mol. The minimum absolute atomic E-state index is 0.0915. The first-order chi connectivity index (χ1) is 11.0. The minimum atomic E-state index is -0.367. The Hall–Kier alpha value is -1.68. The smallest absolute Gasteiger partial charge is 0.272 e. The van der Waals surface area contributed by atoms with Gasteiger partial charge in [-0.25, -0.2) is 5.43 Å². The van der Waals surface area contributed by atoms with Crippen molar-refractivity contribution >= 4 is 50.6 Å². The Labute approximate surface area is 155 Å². The summed E-state index contributed by atoms with van der Waals surface area (Å²) in [5.41, 5.74) is 3.52. The number of rotatable bonds is 5. The SMILES string of the molecule is CCOc1cc(/C=N\NC(=O)c2cncc(Br)c2)cc(I)c1O. The fourth-order valence-corrected chi connectivity index (χ4v) is 2.69. The number of amides is 1. The number of carbonyl (C=O) groups is 1. The van der Waals surface area contributed by atoms with Gasteiger partial charge in [-0.15, -0.1) is 0 Å². The number of nitrogens with zero attached hydrogens (tertiary/aromatic N) is 2. The molecule has 0 bridgehead atoms. The number of halogens is 2. The van der Waals surface area contributed by atoms with Gasteiger partial charge in [0.1, 0.15) is 0 Å². The summed E-state index contributed by atoms with van der Waals surface area (Å²) in [5.74, 6) is 0.103. The van der Waals surface area contributed by atoms with Crippen LogP contribution in [0.2, 0.25) is 0 Å². The summed E-state index contributed by atoms with van der Waals surface area (Å²) in [6, 6.07) is 5.03. The van der Waals surface area contributed by atoms with Gasteiger partial charge >= 0.3 is 0 Å². The first-order valence-corrected chi connectivity index (χ1v) is 8.47. The van der Waals surface area contributed by atoms with E-state index in [0.29, 0.717) is 31.5 Å². The Morgan fingerprint density at radius 3 is 2.96 bits per heavy atom. The molecule has 0 saturated heterocycles. The van der Waals surface area contributed by atoms with E-state index in [1.807, 2.05) is 29.5 Å². The predicted molar refractivity (Wildman–Crippen MR) is 99.0 cm³/mol. The van der Waals surface area contributed by atoms with Crippen molar-refractivity contribution in [3.63, 3.8) is 0 Å². The fraction of sp³-hybridized carbons (Fsp3) is 0.133. The van der Waals surface area contributed by atoms with Crippen molar-refractivity contribution in [2.45, 2.75) is 6.92 Å². The molecule has 1 aromatic carbocycles. The molecule has 0 atom stereocenters. The third-order valence-corrected chi connectivity index (χ3v) is 3.95. The van der Waals surface area contributed by atoms with E-state index in [9.17, 15) is 9.90 Å². The number of hydrogen-bond acceptors (Lipinski definition) is 5. The molecule has 2 N–H and O–H groups in total. The van der Waals surface area contributed by atoms with Crippen molar-refractivity contribution in [1.29, 1.82) is 0 Å². The van der Waals surface area contributed by atoms with E-state index in [2.05, 4.69) is 31.4 Å². The first-order valence-electron chi connectivity index (χ1n) is 6.60. The standard InChI is InChI=1S/C15H13BrIN3O3/c1-2-23-13-4-9(3-12(17)14(13)21)6-19-20-15(22)10-5-11(16)8-18-7-10/h3-8,21H,2H2,1H3,(H,20,22)/b19-6-. The zero-order valence-corrected chi connectivity index (χ0v) is 15.8. The van der Waals surface area contributed by atoms with Crippen LogP contribution in [0.3, 0.4) is 0 Å². The Balaban J connectivity index is 2.10. The maximum Gasteiger partial charge on any atom is 0.272 e. The van der Waals surface area contributed by atoms with Gasteiger partial charge in [0.2, 0.25) is 0 Å². The molecule has 0 saturated carbocycles. The highest BCUT2D eigenvalue weighted by Crippen LogP contribution is 2.32. The van der Waals surface area contributed by atoms with E-state index in [1.54, 1.807) is 24.4 Å². The van der Waals surface area contributed by atoms with Gasteiger partial charge in [0.05, 0.1) is 22.0 Å². The maximum absolute atomic E-state index is 11.9. The highest BCUT2D eigenvalue weighted by Gasteiger charge is 2.09. The van der Waals surface area contributed by atoms with Gasteiger partial charge in [-0.1, -0.05) is 0 Å². The van der Waals surface area contributed by atoms with Crippen molar-refractivity contribution in [3.05, 3.63) is 49.8 Å². The predicted octanol–water partition coefficient (Wildman–Crippen LogP) is 3.32. The molecule has 6 nitrogen and oxygen atoms in total. The van der Waals surface area contributed by atoms with Crippen LogP contribution in [0, 0.1) is 3.57 Å². The molecule has 0 aliphatic carbocycles. The Kier molecular flexibility index (Phi) is 6.34. The highest BCUT2D eigenvalue weighted by atomic mass is 127. The topological polar surface area (TPSA) is 83.8 Å². The molecule has 0 aliphatic heterocycles. The first kappa shape index (κ1) is 17.7. The zero-order valence-electron chi connectivity index (χ0n) is 12.1. The van der Waals surface area contributed by atoms with Crippen LogP contribution in [0.4, 0.5) is 0 Å². The molecule has 120 valence electrons. The van der Waals surface area contributed by atoms with Crippen LogP contribution in [0.1, 0.15) is 22.8 Å². The number of nitrogens with one attached hydrogen (secondary N) is 1. The van der Waals surface area contributed by atoms with Gasteiger partial charge in [0.25, 0.3) is 5.91 Å². The van der Waals surface area contributed by atoms with Crippen LogP contribution in [-0.2, 0) is 0 Å². The van der Waals surface area contributed by atoms with E-state index >= 15 is 0 Å². The van der Waals surface area contributed by atoms with Crippen molar-refractivity contribution in [2.75, 3.05) is 6.61 Å². The molecule has 1 aromatic heterocycles. The zero-order chi connectivity index (χ0) is 16.8. The third kappa shape index (κ3) is 4.90. The van der Waals surface area contributed by atoms with Crippen molar-refractivity contribution in [2.24, 2.45) is 5.10 Å². The minimum Gasteiger partial charge on any atom is -0.504 e. The molecule has 2 aromatic rings. The van der Waals surface area contributed by atoms with Crippen LogP contribution in [0.25, 0.3) is 0 Å². The van der Waals surface area contributed by atoms with Crippen LogP contribution < -0.4 is 10.2 Å². The van der Waals surface area contributed by atoms with Crippen molar-refractivity contribution in [1.82, 2.24) is 10.4 Å². The number of ether oxygens (including phenoxy) is 1. The van der Waals surface area contributed by atoms with Gasteiger partial charge in [-0.05, 0) is 69.2 Å². The second kappa shape index (κ2) is 8.25. The van der Waals surface area contributed by atoms with Crippen molar-refractivity contribution in [3.8, 4) is 11.5 Å². The Bertz CT molecular complexity index is 753. The van der Waals surface area contributed by atoms with Crippen LogP contribution >= 0.6 is 38.5 Å². The van der Waals surface area contributed by atoms with Crippen molar-refractivity contribution < 1.29 is 14.6 Å². The summed E-state index contributed by atoms with van der Waals surface area (Å²) >= 11 is 5.25. The van der Waals surface area contributed by atoms with E-state index < -0.39 is 0 Å². The van der Waals surface area contributed by atoms with Crippen LogP contribution in [0.15, 0.2) is 40.2 Å². The number of aromatic hydroxyl groups is 1. The molecule has 0 aliphatic rings. The van der Waals surface area contributed by atoms with E-state index in [-0.39, 0.29) is 11.7 Å². The average Bonchev–Trinajstić information content (AvgIpc) is 2.52. The lowest BCUT2D eigenvalue weighted by Gasteiger charge is -2.08. The van der Waals surface area contributed by atoms with E-state index in [1.165, 1.54) is 12.4 Å².